The second-order valence-corrected chi connectivity index (χ2v) is 7.71. The van der Waals surface area contributed by atoms with Crippen molar-refractivity contribution < 1.29 is 0 Å². The molecule has 0 saturated heterocycles. The lowest BCUT2D eigenvalue weighted by Gasteiger charge is -2.03. The highest BCUT2D eigenvalue weighted by molar-refractivity contribution is 4.80. The van der Waals surface area contributed by atoms with E-state index < -0.39 is 0 Å². The Morgan fingerprint density at radius 2 is 0.667 bits per heavy atom. The number of allylic oxidation sites excluding steroid dienone is 2. The molecule has 0 aliphatic rings. The molecule has 0 aliphatic carbocycles. The quantitative estimate of drug-likeness (QED) is 0.153. The smallest absolute Gasteiger partial charge is 0.0351 e. The van der Waals surface area contributed by atoms with Crippen LogP contribution in [0.25, 0.3) is 0 Å². The van der Waals surface area contributed by atoms with Crippen LogP contribution in [0.15, 0.2) is 12.2 Å². The first kappa shape index (κ1) is 23.7. The molecule has 0 amide bonds. The molecular formula is C24H48. The Kier molecular flexibility index (Phi) is 22.5. The van der Waals surface area contributed by atoms with Crippen molar-refractivity contribution in [1.82, 2.24) is 0 Å². The summed E-state index contributed by atoms with van der Waals surface area (Å²) in [4.78, 5) is 0. The first-order chi connectivity index (χ1) is 11.9. The average molecular weight is 337 g/mol. The molecule has 0 N–H and O–H groups in total. The highest BCUT2D eigenvalue weighted by Crippen LogP contribution is 2.14. The summed E-state index contributed by atoms with van der Waals surface area (Å²) < 4.78 is 0. The van der Waals surface area contributed by atoms with Crippen molar-refractivity contribution >= 4 is 0 Å². The Labute approximate surface area is 154 Å². The van der Waals surface area contributed by atoms with E-state index in [0.29, 0.717) is 0 Å². The van der Waals surface area contributed by atoms with Gasteiger partial charge in [0, 0.05) is 0 Å². The maximum atomic E-state index is 2.38. The summed E-state index contributed by atoms with van der Waals surface area (Å²) in [6.07, 6.45) is 33.5. The zero-order chi connectivity index (χ0) is 17.6. The molecule has 0 spiro atoms. The van der Waals surface area contributed by atoms with Crippen LogP contribution in [0, 0.1) is 0 Å². The Bertz CT molecular complexity index is 228. The Morgan fingerprint density at radius 1 is 0.333 bits per heavy atom. The van der Waals surface area contributed by atoms with E-state index in [9.17, 15) is 0 Å². The van der Waals surface area contributed by atoms with Gasteiger partial charge in [-0.15, -0.1) is 0 Å². The van der Waals surface area contributed by atoms with Crippen molar-refractivity contribution in [2.75, 3.05) is 0 Å². The number of hydrogen-bond donors (Lipinski definition) is 0. The zero-order valence-electron chi connectivity index (χ0n) is 17.3. The summed E-state index contributed by atoms with van der Waals surface area (Å²) in [5.74, 6) is 0. The molecule has 0 saturated carbocycles. The van der Waals surface area contributed by atoms with Gasteiger partial charge >= 0.3 is 0 Å². The van der Waals surface area contributed by atoms with Gasteiger partial charge in [-0.05, 0) is 19.3 Å². The fourth-order valence-electron chi connectivity index (χ4n) is 3.39. The van der Waals surface area contributed by atoms with Crippen LogP contribution in [0.1, 0.15) is 142 Å². The van der Waals surface area contributed by atoms with Crippen LogP contribution in [0.5, 0.6) is 0 Å². The van der Waals surface area contributed by atoms with E-state index in [4.69, 9.17) is 0 Å². The number of hydrogen-bond acceptors (Lipinski definition) is 0. The Morgan fingerprint density at radius 3 is 1.04 bits per heavy atom. The minimum absolute atomic E-state index is 1.26. The van der Waals surface area contributed by atoms with Crippen LogP contribution in [0.2, 0.25) is 0 Å². The first-order valence-corrected chi connectivity index (χ1v) is 11.6. The Balaban J connectivity index is 2.98. The van der Waals surface area contributed by atoms with Gasteiger partial charge in [0.05, 0.1) is 0 Å². The molecule has 0 aromatic carbocycles. The largest absolute Gasteiger partial charge is 0.0885 e. The molecule has 0 heteroatoms. The molecule has 144 valence electrons. The third-order valence-electron chi connectivity index (χ3n) is 5.10. The lowest BCUT2D eigenvalue weighted by Crippen LogP contribution is -1.83. The van der Waals surface area contributed by atoms with E-state index in [1.165, 1.54) is 128 Å². The molecule has 24 heavy (non-hydrogen) atoms. The van der Waals surface area contributed by atoms with Crippen LogP contribution in [0.4, 0.5) is 0 Å². The summed E-state index contributed by atoms with van der Waals surface area (Å²) >= 11 is 0. The topological polar surface area (TPSA) is 0 Å². The summed E-state index contributed by atoms with van der Waals surface area (Å²) in [5, 5.41) is 0. The lowest BCUT2D eigenvalue weighted by molar-refractivity contribution is 0.527. The van der Waals surface area contributed by atoms with E-state index in [0.717, 1.165) is 0 Å². The summed E-state index contributed by atoms with van der Waals surface area (Å²) in [7, 11) is 0. The molecule has 0 heterocycles. The molecule has 0 radical (unpaired) electrons. The monoisotopic (exact) mass is 336 g/mol. The van der Waals surface area contributed by atoms with Crippen molar-refractivity contribution in [2.45, 2.75) is 142 Å². The Hall–Kier alpha value is -0.260. The van der Waals surface area contributed by atoms with Crippen LogP contribution >= 0.6 is 0 Å². The summed E-state index contributed by atoms with van der Waals surface area (Å²) in [5.41, 5.74) is 0. The van der Waals surface area contributed by atoms with Gasteiger partial charge in [-0.1, -0.05) is 135 Å². The van der Waals surface area contributed by atoms with E-state index >= 15 is 0 Å². The highest BCUT2D eigenvalue weighted by Gasteiger charge is 1.94. The zero-order valence-corrected chi connectivity index (χ0v) is 17.3. The maximum Gasteiger partial charge on any atom is -0.0351 e. The second-order valence-electron chi connectivity index (χ2n) is 7.71. The van der Waals surface area contributed by atoms with E-state index in [1.54, 1.807) is 0 Å². The molecule has 0 fully saturated rings. The summed E-state index contributed by atoms with van der Waals surface area (Å²) in [6, 6.07) is 0. The second kappa shape index (κ2) is 22.7. The van der Waals surface area contributed by atoms with Crippen molar-refractivity contribution in [1.29, 1.82) is 0 Å². The third kappa shape index (κ3) is 21.7. The SMILES string of the molecule is CCCC=CCCCCCCCCCCCCCCCCCCC. The van der Waals surface area contributed by atoms with Gasteiger partial charge in [0.25, 0.3) is 0 Å². The van der Waals surface area contributed by atoms with Crippen LogP contribution in [0.3, 0.4) is 0 Å². The minimum atomic E-state index is 1.26. The molecule has 0 rings (SSSR count). The summed E-state index contributed by atoms with van der Waals surface area (Å²) in [6.45, 7) is 4.55. The van der Waals surface area contributed by atoms with Gasteiger partial charge in [-0.2, -0.15) is 0 Å². The van der Waals surface area contributed by atoms with Gasteiger partial charge in [-0.3, -0.25) is 0 Å². The van der Waals surface area contributed by atoms with Gasteiger partial charge in [0.1, 0.15) is 0 Å². The molecule has 0 bridgehead atoms. The van der Waals surface area contributed by atoms with Gasteiger partial charge in [-0.25, -0.2) is 0 Å². The first-order valence-electron chi connectivity index (χ1n) is 11.6. The van der Waals surface area contributed by atoms with Gasteiger partial charge in [0.15, 0.2) is 0 Å². The van der Waals surface area contributed by atoms with Crippen LogP contribution < -0.4 is 0 Å². The van der Waals surface area contributed by atoms with Crippen LogP contribution in [-0.4, -0.2) is 0 Å². The molecule has 0 unspecified atom stereocenters. The fraction of sp³-hybridized carbons (Fsp3) is 0.917. The average Bonchev–Trinajstić information content (AvgIpc) is 2.60. The minimum Gasteiger partial charge on any atom is -0.0885 e. The molecule has 0 nitrogen and oxygen atoms in total. The van der Waals surface area contributed by atoms with Crippen molar-refractivity contribution in [3.8, 4) is 0 Å². The number of unbranched alkanes of at least 4 members (excludes halogenated alkanes) is 18. The number of rotatable bonds is 20. The molecule has 0 aromatic rings. The van der Waals surface area contributed by atoms with Crippen molar-refractivity contribution in [3.05, 3.63) is 12.2 Å². The predicted molar refractivity (Wildman–Crippen MR) is 113 cm³/mol. The fourth-order valence-corrected chi connectivity index (χ4v) is 3.39. The molecular weight excluding hydrogens is 288 g/mol. The molecule has 0 aliphatic heterocycles. The van der Waals surface area contributed by atoms with Crippen molar-refractivity contribution in [2.24, 2.45) is 0 Å². The van der Waals surface area contributed by atoms with E-state index in [-0.39, 0.29) is 0 Å². The third-order valence-corrected chi connectivity index (χ3v) is 5.10. The lowest BCUT2D eigenvalue weighted by atomic mass is 10.0. The predicted octanol–water partition coefficient (Wildman–Crippen LogP) is 9.38. The van der Waals surface area contributed by atoms with Crippen LogP contribution in [-0.2, 0) is 0 Å². The van der Waals surface area contributed by atoms with Crippen molar-refractivity contribution in [3.63, 3.8) is 0 Å². The van der Waals surface area contributed by atoms with E-state index in [1.807, 2.05) is 0 Å². The van der Waals surface area contributed by atoms with Gasteiger partial charge in [0.2, 0.25) is 0 Å². The van der Waals surface area contributed by atoms with Gasteiger partial charge < -0.3 is 0 Å². The normalized spacial score (nSPS) is 11.6. The molecule has 0 atom stereocenters. The highest BCUT2D eigenvalue weighted by atomic mass is 14.0. The van der Waals surface area contributed by atoms with E-state index in [2.05, 4.69) is 26.0 Å². The standard InChI is InChI=1S/C24H48/c1-3-5-7-9-11-13-15-17-19-21-23-24-22-20-18-16-14-12-10-8-6-4-2/h7,9H,3-6,8,10-24H2,1-2H3. The maximum absolute atomic E-state index is 2.38. The molecule has 0 aromatic heterocycles.